The maximum atomic E-state index is 5.80. The molecule has 2 rings (SSSR count). The van der Waals surface area contributed by atoms with Gasteiger partial charge in [0.15, 0.2) is 5.65 Å². The molecule has 0 amide bonds. The second kappa shape index (κ2) is 4.42. The summed E-state index contributed by atoms with van der Waals surface area (Å²) in [4.78, 5) is 9.14. The molecule has 0 aliphatic heterocycles. The Bertz CT molecular complexity index is 502. The van der Waals surface area contributed by atoms with Gasteiger partial charge in [0, 0.05) is 24.0 Å². The van der Waals surface area contributed by atoms with E-state index in [9.17, 15) is 0 Å². The van der Waals surface area contributed by atoms with Crippen LogP contribution in [0.15, 0.2) is 12.1 Å². The van der Waals surface area contributed by atoms with E-state index in [-0.39, 0.29) is 0 Å². The number of aryl methyl sites for hydroxylation is 2. The van der Waals surface area contributed by atoms with Crippen molar-refractivity contribution in [3.05, 3.63) is 23.7 Å². The number of aromatic nitrogens is 3. The Kier molecular flexibility index (Phi) is 3.15. The van der Waals surface area contributed by atoms with Crippen LogP contribution >= 0.6 is 11.6 Å². The van der Waals surface area contributed by atoms with Gasteiger partial charge in [-0.3, -0.25) is 0 Å². The smallest absolute Gasteiger partial charge is 0.160 e. The van der Waals surface area contributed by atoms with Crippen LogP contribution in [0.2, 0.25) is 0 Å². The zero-order chi connectivity index (χ0) is 11.7. The Balaban J connectivity index is 2.67. The monoisotopic (exact) mass is 237 g/mol. The molecule has 0 aliphatic carbocycles. The molecule has 2 aromatic heterocycles. The molecule has 2 heterocycles. The molecule has 0 aliphatic rings. The van der Waals surface area contributed by atoms with Crippen LogP contribution < -0.4 is 0 Å². The van der Waals surface area contributed by atoms with Crippen molar-refractivity contribution < 1.29 is 0 Å². The van der Waals surface area contributed by atoms with Gasteiger partial charge in [-0.25, -0.2) is 9.97 Å². The van der Waals surface area contributed by atoms with Crippen LogP contribution in [-0.4, -0.2) is 20.4 Å². The maximum Gasteiger partial charge on any atom is 0.160 e. The summed E-state index contributed by atoms with van der Waals surface area (Å²) < 4.78 is 2.17. The Morgan fingerprint density at radius 1 is 1.31 bits per heavy atom. The molecule has 86 valence electrons. The molecule has 0 saturated carbocycles. The van der Waals surface area contributed by atoms with Crippen LogP contribution in [0.25, 0.3) is 11.2 Å². The zero-order valence-electron chi connectivity index (χ0n) is 9.87. The van der Waals surface area contributed by atoms with E-state index in [4.69, 9.17) is 11.6 Å². The molecule has 0 spiro atoms. The van der Waals surface area contributed by atoms with Crippen molar-refractivity contribution in [1.82, 2.24) is 14.5 Å². The molecule has 0 bridgehead atoms. The van der Waals surface area contributed by atoms with Gasteiger partial charge in [-0.05, 0) is 32.9 Å². The van der Waals surface area contributed by atoms with Crippen LogP contribution in [0.3, 0.4) is 0 Å². The van der Waals surface area contributed by atoms with Crippen LogP contribution in [0.1, 0.15) is 31.4 Å². The van der Waals surface area contributed by atoms with Crippen molar-refractivity contribution in [2.45, 2.75) is 33.2 Å². The Labute approximate surface area is 100 Å². The van der Waals surface area contributed by atoms with Gasteiger partial charge in [-0.15, -0.1) is 11.6 Å². The first-order valence-electron chi connectivity index (χ1n) is 5.54. The minimum absolute atomic E-state index is 0.359. The predicted molar refractivity (Wildman–Crippen MR) is 67.1 cm³/mol. The lowest BCUT2D eigenvalue weighted by molar-refractivity contribution is 0.584. The first kappa shape index (κ1) is 11.4. The first-order valence-corrected chi connectivity index (χ1v) is 6.07. The highest BCUT2D eigenvalue weighted by molar-refractivity contribution is 6.17. The lowest BCUT2D eigenvalue weighted by Crippen LogP contribution is -2.07. The highest BCUT2D eigenvalue weighted by Crippen LogP contribution is 2.20. The minimum Gasteiger partial charge on any atom is -0.310 e. The molecule has 0 unspecified atom stereocenters. The minimum atomic E-state index is 0.359. The van der Waals surface area contributed by atoms with E-state index in [1.807, 2.05) is 19.1 Å². The zero-order valence-corrected chi connectivity index (χ0v) is 10.6. The van der Waals surface area contributed by atoms with Crippen molar-refractivity contribution in [3.63, 3.8) is 0 Å². The number of alkyl halides is 1. The Hall–Kier alpha value is -1.09. The largest absolute Gasteiger partial charge is 0.310 e. The van der Waals surface area contributed by atoms with Gasteiger partial charge in [-0.2, -0.15) is 0 Å². The summed E-state index contributed by atoms with van der Waals surface area (Å²) in [6.45, 7) is 6.28. The molecular weight excluding hydrogens is 222 g/mol. The molecule has 2 aromatic rings. The third-order valence-electron chi connectivity index (χ3n) is 2.58. The molecule has 4 heteroatoms. The molecule has 0 fully saturated rings. The summed E-state index contributed by atoms with van der Waals surface area (Å²) in [5.74, 6) is 1.62. The van der Waals surface area contributed by atoms with E-state index in [1.54, 1.807) is 0 Å². The molecule has 3 nitrogen and oxygen atoms in total. The number of rotatable bonds is 3. The summed E-state index contributed by atoms with van der Waals surface area (Å²) in [6.07, 6.45) is 0.787. The normalized spacial score (nSPS) is 11.6. The fraction of sp³-hybridized carbons (Fsp3) is 0.500. The van der Waals surface area contributed by atoms with Gasteiger partial charge in [0.1, 0.15) is 11.3 Å². The van der Waals surface area contributed by atoms with E-state index in [2.05, 4.69) is 28.4 Å². The standard InChI is InChI=1S/C12H16ClN3/c1-8(2)16-11(6-7-13)15-10-5-4-9(3)14-12(10)16/h4-5,8H,6-7H2,1-3H3. The van der Waals surface area contributed by atoms with Crippen molar-refractivity contribution in [2.24, 2.45) is 0 Å². The molecule has 0 aromatic carbocycles. The van der Waals surface area contributed by atoms with E-state index in [0.717, 1.165) is 29.1 Å². The molecule has 0 radical (unpaired) electrons. The Morgan fingerprint density at radius 3 is 2.69 bits per heavy atom. The maximum absolute atomic E-state index is 5.80. The summed E-state index contributed by atoms with van der Waals surface area (Å²) in [5, 5.41) is 0. The van der Waals surface area contributed by atoms with Gasteiger partial charge < -0.3 is 4.57 Å². The van der Waals surface area contributed by atoms with Crippen molar-refractivity contribution in [1.29, 1.82) is 0 Å². The molecule has 0 atom stereocenters. The van der Waals surface area contributed by atoms with Crippen molar-refractivity contribution in [2.75, 3.05) is 5.88 Å². The van der Waals surface area contributed by atoms with Crippen LogP contribution in [0.5, 0.6) is 0 Å². The topological polar surface area (TPSA) is 30.7 Å². The number of pyridine rings is 1. The van der Waals surface area contributed by atoms with E-state index in [0.29, 0.717) is 11.9 Å². The average molecular weight is 238 g/mol. The fourth-order valence-corrected chi connectivity index (χ4v) is 2.09. The highest BCUT2D eigenvalue weighted by Gasteiger charge is 2.13. The lowest BCUT2D eigenvalue weighted by Gasteiger charge is -2.11. The molecule has 0 saturated heterocycles. The number of imidazole rings is 1. The predicted octanol–water partition coefficient (Wildman–Crippen LogP) is 3.10. The third-order valence-corrected chi connectivity index (χ3v) is 2.77. The molecule has 16 heavy (non-hydrogen) atoms. The van der Waals surface area contributed by atoms with Crippen LogP contribution in [-0.2, 0) is 6.42 Å². The number of nitrogens with zero attached hydrogens (tertiary/aromatic N) is 3. The summed E-state index contributed by atoms with van der Waals surface area (Å²) in [5.41, 5.74) is 2.95. The third kappa shape index (κ3) is 1.92. The molecule has 0 N–H and O–H groups in total. The summed E-state index contributed by atoms with van der Waals surface area (Å²) in [6, 6.07) is 4.37. The van der Waals surface area contributed by atoms with Gasteiger partial charge in [-0.1, -0.05) is 0 Å². The van der Waals surface area contributed by atoms with Gasteiger partial charge in [0.2, 0.25) is 0 Å². The lowest BCUT2D eigenvalue weighted by atomic mass is 10.3. The second-order valence-corrected chi connectivity index (χ2v) is 4.60. The van der Waals surface area contributed by atoms with E-state index < -0.39 is 0 Å². The number of hydrogen-bond acceptors (Lipinski definition) is 2. The van der Waals surface area contributed by atoms with Crippen molar-refractivity contribution in [3.8, 4) is 0 Å². The quantitative estimate of drug-likeness (QED) is 0.768. The number of hydrogen-bond donors (Lipinski definition) is 0. The van der Waals surface area contributed by atoms with Gasteiger partial charge >= 0.3 is 0 Å². The van der Waals surface area contributed by atoms with E-state index >= 15 is 0 Å². The second-order valence-electron chi connectivity index (χ2n) is 4.23. The first-order chi connectivity index (χ1) is 7.63. The Morgan fingerprint density at radius 2 is 2.06 bits per heavy atom. The summed E-state index contributed by atoms with van der Waals surface area (Å²) in [7, 11) is 0. The van der Waals surface area contributed by atoms with Crippen LogP contribution in [0, 0.1) is 6.92 Å². The van der Waals surface area contributed by atoms with E-state index in [1.165, 1.54) is 0 Å². The van der Waals surface area contributed by atoms with Crippen molar-refractivity contribution >= 4 is 22.8 Å². The van der Waals surface area contributed by atoms with Gasteiger partial charge in [0.05, 0.1) is 0 Å². The average Bonchev–Trinajstić information content (AvgIpc) is 2.55. The highest BCUT2D eigenvalue weighted by atomic mass is 35.5. The van der Waals surface area contributed by atoms with Crippen LogP contribution in [0.4, 0.5) is 0 Å². The SMILES string of the molecule is Cc1ccc2nc(CCCl)n(C(C)C)c2n1. The number of fused-ring (bicyclic) bond motifs is 1. The fourth-order valence-electron chi connectivity index (χ4n) is 1.92. The number of halogens is 1. The van der Waals surface area contributed by atoms with Gasteiger partial charge in [0.25, 0.3) is 0 Å². The summed E-state index contributed by atoms with van der Waals surface area (Å²) >= 11 is 5.80. The molecular formula is C12H16ClN3.